The lowest BCUT2D eigenvalue weighted by Crippen LogP contribution is -2.47. The van der Waals surface area contributed by atoms with Crippen LogP contribution in [0.4, 0.5) is 0 Å². The van der Waals surface area contributed by atoms with Gasteiger partial charge >= 0.3 is 5.97 Å². The quantitative estimate of drug-likeness (QED) is 0.290. The average Bonchev–Trinajstić information content (AvgIpc) is 3.08. The zero-order valence-electron chi connectivity index (χ0n) is 22.4. The predicted octanol–water partition coefficient (Wildman–Crippen LogP) is 1.37. The van der Waals surface area contributed by atoms with E-state index in [1.807, 2.05) is 0 Å². The Labute approximate surface area is 223 Å². The van der Waals surface area contributed by atoms with Gasteiger partial charge in [-0.3, -0.25) is 19.3 Å². The van der Waals surface area contributed by atoms with Crippen molar-refractivity contribution >= 4 is 23.8 Å². The average molecular weight is 540 g/mol. The van der Waals surface area contributed by atoms with E-state index in [0.717, 1.165) is 65.8 Å². The summed E-state index contributed by atoms with van der Waals surface area (Å²) in [5.41, 5.74) is 6.70. The van der Waals surface area contributed by atoms with E-state index in [1.54, 1.807) is 24.3 Å². The Morgan fingerprint density at radius 1 is 1.05 bits per heavy atom. The molecule has 0 unspecified atom stereocenters. The van der Waals surface area contributed by atoms with E-state index in [1.165, 1.54) is 7.11 Å². The van der Waals surface area contributed by atoms with Crippen LogP contribution in [0.15, 0.2) is 24.3 Å². The first-order chi connectivity index (χ1) is 18.0. The molecule has 3 rings (SSSR count). The Bertz CT molecular complexity index is 870. The second-order valence-corrected chi connectivity index (χ2v) is 9.03. The monoisotopic (exact) mass is 539 g/mol. The minimum absolute atomic E-state index is 0.0491. The lowest BCUT2D eigenvalue weighted by Gasteiger charge is -2.35. The van der Waals surface area contributed by atoms with Crippen LogP contribution >= 0.6 is 0 Å². The lowest BCUT2D eigenvalue weighted by atomic mass is 10.0. The summed E-state index contributed by atoms with van der Waals surface area (Å²) in [7, 11) is 1.34. The van der Waals surface area contributed by atoms with Crippen LogP contribution in [0.5, 0.6) is 5.75 Å². The molecule has 1 amide bonds. The summed E-state index contributed by atoms with van der Waals surface area (Å²) in [6.45, 7) is 6.04. The minimum atomic E-state index is -0.833. The van der Waals surface area contributed by atoms with Gasteiger partial charge in [0, 0.05) is 52.2 Å². The molecule has 1 aromatic carbocycles. The lowest BCUT2D eigenvalue weighted by molar-refractivity contribution is -0.135. The fourth-order valence-corrected chi connectivity index (χ4v) is 4.14. The molecule has 2 saturated heterocycles. The van der Waals surface area contributed by atoms with Crippen LogP contribution in [0.1, 0.15) is 49.9 Å². The second kappa shape index (κ2) is 18.1. The zero-order valence-corrected chi connectivity index (χ0v) is 22.4. The maximum absolute atomic E-state index is 12.8. The van der Waals surface area contributed by atoms with Crippen molar-refractivity contribution in [3.8, 4) is 5.75 Å². The smallest absolute Gasteiger partial charge is 0.337 e. The molecule has 0 saturated carbocycles. The first-order valence-electron chi connectivity index (χ1n) is 12.6. The van der Waals surface area contributed by atoms with Crippen molar-refractivity contribution in [1.82, 2.24) is 10.2 Å². The topological polar surface area (TPSA) is 178 Å². The number of esters is 1. The van der Waals surface area contributed by atoms with Crippen molar-refractivity contribution < 1.29 is 43.6 Å². The number of hydrogen-bond acceptors (Lipinski definition) is 9. The third-order valence-corrected chi connectivity index (χ3v) is 5.81. The molecule has 0 bridgehead atoms. The molecular weight excluding hydrogens is 498 g/mol. The van der Waals surface area contributed by atoms with E-state index in [2.05, 4.69) is 10.2 Å². The maximum atomic E-state index is 12.8. The van der Waals surface area contributed by atoms with Crippen LogP contribution in [-0.4, -0.2) is 97.6 Å². The van der Waals surface area contributed by atoms with Gasteiger partial charge in [0.15, 0.2) is 0 Å². The van der Waals surface area contributed by atoms with Crippen LogP contribution in [0.25, 0.3) is 0 Å². The van der Waals surface area contributed by atoms with Crippen molar-refractivity contribution in [3.05, 3.63) is 29.8 Å². The Morgan fingerprint density at radius 3 is 2.29 bits per heavy atom. The highest BCUT2D eigenvalue weighted by Gasteiger charge is 2.31. The summed E-state index contributed by atoms with van der Waals surface area (Å²) >= 11 is 0. The van der Waals surface area contributed by atoms with Gasteiger partial charge in [-0.1, -0.05) is 6.07 Å². The fraction of sp³-hybridized carbons (Fsp3) is 0.615. The first kappa shape index (κ1) is 32.8. The van der Waals surface area contributed by atoms with Crippen LogP contribution in [-0.2, 0) is 23.9 Å². The van der Waals surface area contributed by atoms with Crippen LogP contribution in [0.3, 0.4) is 0 Å². The molecule has 12 nitrogen and oxygen atoms in total. The number of ether oxygens (including phenoxy) is 3. The molecule has 5 N–H and O–H groups in total. The largest absolute Gasteiger partial charge is 0.492 e. The Morgan fingerprint density at radius 2 is 1.68 bits per heavy atom. The van der Waals surface area contributed by atoms with Crippen LogP contribution in [0.2, 0.25) is 0 Å². The number of hydrogen-bond donors (Lipinski definition) is 4. The number of nitrogens with zero attached hydrogens (tertiary/aromatic N) is 1. The number of nitrogens with one attached hydrogen (secondary N) is 1. The normalized spacial score (nSPS) is 19.8. The highest BCUT2D eigenvalue weighted by Crippen LogP contribution is 2.22. The summed E-state index contributed by atoms with van der Waals surface area (Å²) in [5, 5.41) is 17.8. The van der Waals surface area contributed by atoms with Crippen molar-refractivity contribution in [1.29, 1.82) is 0 Å². The van der Waals surface area contributed by atoms with Gasteiger partial charge in [-0.25, -0.2) is 4.79 Å². The van der Waals surface area contributed by atoms with Crippen LogP contribution in [0, 0.1) is 5.92 Å². The molecule has 0 aromatic heterocycles. The van der Waals surface area contributed by atoms with E-state index in [4.69, 9.17) is 39.7 Å². The summed E-state index contributed by atoms with van der Waals surface area (Å²) in [6, 6.07) is 7.36. The standard InChI is InChI=1S/C22H33N3O5.2C2H4O2/c1-28-22(27)16-3-2-4-20(13-16)30-12-9-24-21(26)17-5-6-18(23)15-25(14-17)19-7-10-29-11-8-19;2*1-2(3)4/h2-4,13,17-19H,5-12,14-15,23H2,1H3,(H,24,26);2*1H3,(H,3,4)/t17-,18+;;/m1../s1. The predicted molar refractivity (Wildman–Crippen MR) is 139 cm³/mol. The van der Waals surface area contributed by atoms with Gasteiger partial charge in [-0.15, -0.1) is 0 Å². The number of methoxy groups -OCH3 is 1. The molecule has 1 aromatic rings. The zero-order chi connectivity index (χ0) is 28.5. The number of carboxylic acids is 2. The summed E-state index contributed by atoms with van der Waals surface area (Å²) in [6.07, 6.45) is 3.66. The number of benzene rings is 1. The van der Waals surface area contributed by atoms with E-state index in [-0.39, 0.29) is 17.9 Å². The first-order valence-corrected chi connectivity index (χ1v) is 12.6. The number of amides is 1. The maximum Gasteiger partial charge on any atom is 0.337 e. The molecule has 2 aliphatic rings. The van der Waals surface area contributed by atoms with Gasteiger partial charge in [-0.05, 0) is 43.9 Å². The highest BCUT2D eigenvalue weighted by molar-refractivity contribution is 5.89. The van der Waals surface area contributed by atoms with E-state index in [9.17, 15) is 9.59 Å². The van der Waals surface area contributed by atoms with Gasteiger partial charge in [0.2, 0.25) is 5.91 Å². The van der Waals surface area contributed by atoms with E-state index in [0.29, 0.717) is 30.5 Å². The fourth-order valence-electron chi connectivity index (χ4n) is 4.14. The van der Waals surface area contributed by atoms with Crippen molar-refractivity contribution in [3.63, 3.8) is 0 Å². The van der Waals surface area contributed by atoms with Crippen molar-refractivity contribution in [2.24, 2.45) is 11.7 Å². The third kappa shape index (κ3) is 13.9. The van der Waals surface area contributed by atoms with Crippen LogP contribution < -0.4 is 15.8 Å². The summed E-state index contributed by atoms with van der Waals surface area (Å²) < 4.78 is 15.9. The number of nitrogens with two attached hydrogens (primary N) is 1. The molecule has 2 heterocycles. The molecule has 38 heavy (non-hydrogen) atoms. The number of carboxylic acid groups (broad SMARTS) is 2. The van der Waals surface area contributed by atoms with Crippen molar-refractivity contribution in [2.45, 2.75) is 51.6 Å². The van der Waals surface area contributed by atoms with Crippen molar-refractivity contribution in [2.75, 3.05) is 46.6 Å². The van der Waals surface area contributed by atoms with E-state index >= 15 is 0 Å². The van der Waals surface area contributed by atoms with Gasteiger partial charge < -0.3 is 35.5 Å². The Hall–Kier alpha value is -3.22. The molecule has 2 fully saturated rings. The second-order valence-electron chi connectivity index (χ2n) is 9.03. The van der Waals surface area contributed by atoms with Gasteiger partial charge in [0.25, 0.3) is 11.9 Å². The number of aliphatic carboxylic acids is 2. The molecule has 0 spiro atoms. The number of rotatable bonds is 7. The SMILES string of the molecule is CC(=O)O.CC(=O)O.COC(=O)c1cccc(OCCNC(=O)[C@@H]2CC[C@H](N)CN(C3CCOCC3)C2)c1. The molecule has 2 atom stereocenters. The van der Waals surface area contributed by atoms with Gasteiger partial charge in [0.1, 0.15) is 12.4 Å². The number of carbonyl (C=O) groups is 4. The summed E-state index contributed by atoms with van der Waals surface area (Å²) in [4.78, 5) is 44.7. The number of carbonyl (C=O) groups excluding carboxylic acids is 2. The van der Waals surface area contributed by atoms with Gasteiger partial charge in [-0.2, -0.15) is 0 Å². The van der Waals surface area contributed by atoms with Gasteiger partial charge in [0.05, 0.1) is 25.1 Å². The molecule has 0 aliphatic carbocycles. The molecule has 2 aliphatic heterocycles. The minimum Gasteiger partial charge on any atom is -0.492 e. The Balaban J connectivity index is 0.000000794. The third-order valence-electron chi connectivity index (χ3n) is 5.81. The molecule has 214 valence electrons. The highest BCUT2D eigenvalue weighted by atomic mass is 16.5. The number of likely N-dealkylation sites (tertiary alicyclic amines) is 1. The molecule has 12 heteroatoms. The molecule has 0 radical (unpaired) electrons. The summed E-state index contributed by atoms with van der Waals surface area (Å²) in [5.74, 6) is -1.52. The Kier molecular flexibility index (Phi) is 15.6. The van der Waals surface area contributed by atoms with E-state index < -0.39 is 17.9 Å². The molecular formula is C26H41N3O9.